The van der Waals surface area contributed by atoms with Gasteiger partial charge >= 0.3 is 0 Å². The molecule has 2 aromatic rings. The van der Waals surface area contributed by atoms with Crippen LogP contribution in [0.25, 0.3) is 0 Å². The van der Waals surface area contributed by atoms with Gasteiger partial charge in [0.1, 0.15) is 17.5 Å². The molecule has 0 atom stereocenters. The second kappa shape index (κ2) is 5.65. The lowest BCUT2D eigenvalue weighted by Crippen LogP contribution is -1.92. The molecule has 0 bridgehead atoms. The Morgan fingerprint density at radius 2 is 1.75 bits per heavy atom. The summed E-state index contributed by atoms with van der Waals surface area (Å²) in [6, 6.07) is 5.46. The molecule has 0 aliphatic carbocycles. The number of aromatic nitrogens is 3. The van der Waals surface area contributed by atoms with Crippen LogP contribution in [-0.2, 0) is 0 Å². The molecule has 0 amide bonds. The van der Waals surface area contributed by atoms with Crippen molar-refractivity contribution < 1.29 is 0 Å². The number of rotatable bonds is 0. The van der Waals surface area contributed by atoms with Gasteiger partial charge in [-0.25, -0.2) is 15.0 Å². The van der Waals surface area contributed by atoms with Crippen molar-refractivity contribution in [2.24, 2.45) is 0 Å². The molecule has 5 heteroatoms. The third-order valence-corrected chi connectivity index (χ3v) is 1.85. The van der Waals surface area contributed by atoms with Gasteiger partial charge in [-0.05, 0) is 31.5 Å². The first-order valence-electron chi connectivity index (χ1n) is 4.82. The summed E-state index contributed by atoms with van der Waals surface area (Å²) in [6.45, 7) is 3.73. The Balaban J connectivity index is 0.000000160. The first kappa shape index (κ1) is 11.9. The number of nitrogens with two attached hydrogens (primary N) is 2. The molecule has 0 fully saturated rings. The van der Waals surface area contributed by atoms with Crippen molar-refractivity contribution in [3.8, 4) is 0 Å². The number of anilines is 2. The fourth-order valence-corrected chi connectivity index (χ4v) is 0.972. The van der Waals surface area contributed by atoms with Crippen LogP contribution in [0.4, 0.5) is 11.6 Å². The van der Waals surface area contributed by atoms with Gasteiger partial charge in [0.25, 0.3) is 0 Å². The van der Waals surface area contributed by atoms with Gasteiger partial charge in [0.15, 0.2) is 0 Å². The molecule has 2 heterocycles. The Morgan fingerprint density at radius 3 is 2.12 bits per heavy atom. The third kappa shape index (κ3) is 3.91. The summed E-state index contributed by atoms with van der Waals surface area (Å²) >= 11 is 0. The van der Waals surface area contributed by atoms with Gasteiger partial charge in [0.05, 0.1) is 0 Å². The fourth-order valence-electron chi connectivity index (χ4n) is 0.972. The van der Waals surface area contributed by atoms with E-state index in [-0.39, 0.29) is 0 Å². The second-order valence-electron chi connectivity index (χ2n) is 3.23. The molecule has 4 N–H and O–H groups in total. The van der Waals surface area contributed by atoms with E-state index in [9.17, 15) is 0 Å². The molecule has 0 aliphatic heterocycles. The van der Waals surface area contributed by atoms with Crippen molar-refractivity contribution in [3.63, 3.8) is 0 Å². The minimum atomic E-state index is 0.525. The Morgan fingerprint density at radius 1 is 1.00 bits per heavy atom. The van der Waals surface area contributed by atoms with E-state index < -0.39 is 0 Å². The minimum Gasteiger partial charge on any atom is -0.384 e. The van der Waals surface area contributed by atoms with E-state index in [1.807, 2.05) is 19.1 Å². The molecular formula is C11H15N5. The summed E-state index contributed by atoms with van der Waals surface area (Å²) in [5.41, 5.74) is 11.8. The van der Waals surface area contributed by atoms with Gasteiger partial charge in [-0.1, -0.05) is 6.07 Å². The zero-order valence-electron chi connectivity index (χ0n) is 9.38. The van der Waals surface area contributed by atoms with E-state index >= 15 is 0 Å². The summed E-state index contributed by atoms with van der Waals surface area (Å²) in [5.74, 6) is 1.86. The molecule has 2 aromatic heterocycles. The summed E-state index contributed by atoms with van der Waals surface area (Å²) < 4.78 is 0. The summed E-state index contributed by atoms with van der Waals surface area (Å²) in [6.07, 6.45) is 3.32. The maximum atomic E-state index is 5.41. The average molecular weight is 217 g/mol. The summed E-state index contributed by atoms with van der Waals surface area (Å²) in [4.78, 5) is 11.5. The van der Waals surface area contributed by atoms with E-state index in [0.29, 0.717) is 17.5 Å². The molecule has 0 radical (unpaired) electrons. The predicted molar refractivity (Wildman–Crippen MR) is 64.6 cm³/mol. The van der Waals surface area contributed by atoms with Crippen molar-refractivity contribution in [3.05, 3.63) is 42.0 Å². The molecule has 5 nitrogen and oxygen atoms in total. The second-order valence-corrected chi connectivity index (χ2v) is 3.23. The van der Waals surface area contributed by atoms with Crippen molar-refractivity contribution in [1.29, 1.82) is 0 Å². The lowest BCUT2D eigenvalue weighted by atomic mass is 10.3. The van der Waals surface area contributed by atoms with Gasteiger partial charge in [0.2, 0.25) is 0 Å². The highest BCUT2D eigenvalue weighted by molar-refractivity contribution is 5.36. The van der Waals surface area contributed by atoms with Gasteiger partial charge in [-0.2, -0.15) is 0 Å². The lowest BCUT2D eigenvalue weighted by Gasteiger charge is -1.92. The Hall–Kier alpha value is -2.17. The molecule has 0 aliphatic rings. The van der Waals surface area contributed by atoms with Crippen LogP contribution in [-0.4, -0.2) is 15.0 Å². The normalized spacial score (nSPS) is 9.12. The molecule has 16 heavy (non-hydrogen) atoms. The van der Waals surface area contributed by atoms with Gasteiger partial charge in [-0.3, -0.25) is 0 Å². The number of aryl methyl sites for hydroxylation is 2. The highest BCUT2D eigenvalue weighted by atomic mass is 14.9. The van der Waals surface area contributed by atoms with Crippen LogP contribution in [0, 0.1) is 13.8 Å². The van der Waals surface area contributed by atoms with E-state index in [4.69, 9.17) is 11.5 Å². The average Bonchev–Trinajstić information content (AvgIpc) is 2.23. The van der Waals surface area contributed by atoms with Crippen molar-refractivity contribution >= 4 is 11.6 Å². The molecule has 0 saturated carbocycles. The third-order valence-electron chi connectivity index (χ3n) is 1.85. The van der Waals surface area contributed by atoms with Gasteiger partial charge in [0, 0.05) is 12.4 Å². The van der Waals surface area contributed by atoms with E-state index in [1.54, 1.807) is 25.4 Å². The first-order chi connectivity index (χ1) is 7.59. The molecule has 0 spiro atoms. The number of nitrogen functional groups attached to an aromatic ring is 2. The van der Waals surface area contributed by atoms with Crippen LogP contribution in [0.15, 0.2) is 30.6 Å². The summed E-state index contributed by atoms with van der Waals surface area (Å²) in [7, 11) is 0. The molecule has 2 rings (SSSR count). The van der Waals surface area contributed by atoms with Gasteiger partial charge in [-0.15, -0.1) is 0 Å². The van der Waals surface area contributed by atoms with Crippen molar-refractivity contribution in [2.45, 2.75) is 13.8 Å². The Kier molecular flexibility index (Phi) is 4.20. The molecule has 0 aromatic carbocycles. The quantitative estimate of drug-likeness (QED) is 0.694. The monoisotopic (exact) mass is 217 g/mol. The molecular weight excluding hydrogens is 202 g/mol. The number of pyridine rings is 1. The molecule has 0 unspecified atom stereocenters. The van der Waals surface area contributed by atoms with Crippen LogP contribution >= 0.6 is 0 Å². The maximum Gasteiger partial charge on any atom is 0.127 e. The van der Waals surface area contributed by atoms with E-state index in [2.05, 4.69) is 15.0 Å². The zero-order chi connectivity index (χ0) is 12.0. The Bertz CT molecular complexity index is 417. The predicted octanol–water partition coefficient (Wildman–Crippen LogP) is 1.34. The Labute approximate surface area is 94.6 Å². The number of hydrogen-bond acceptors (Lipinski definition) is 5. The fraction of sp³-hybridized carbons (Fsp3) is 0.182. The SMILES string of the molecule is Cc1cccnc1N.Cc1nccc(N)n1. The number of nitrogens with zero attached hydrogens (tertiary/aromatic N) is 3. The zero-order valence-corrected chi connectivity index (χ0v) is 9.38. The van der Waals surface area contributed by atoms with Crippen LogP contribution in [0.2, 0.25) is 0 Å². The van der Waals surface area contributed by atoms with Gasteiger partial charge < -0.3 is 11.5 Å². The molecule has 84 valence electrons. The number of hydrogen-bond donors (Lipinski definition) is 2. The minimum absolute atomic E-state index is 0.525. The smallest absolute Gasteiger partial charge is 0.127 e. The standard InChI is InChI=1S/C6H8N2.C5H7N3/c1-5-3-2-4-8-6(5)7;1-4-7-3-2-5(6)8-4/h2-4H,1H3,(H2,7,8);2-3H,1H3,(H2,6,7,8). The highest BCUT2D eigenvalue weighted by Gasteiger charge is 1.86. The van der Waals surface area contributed by atoms with Crippen LogP contribution in [0.1, 0.15) is 11.4 Å². The van der Waals surface area contributed by atoms with Crippen molar-refractivity contribution in [1.82, 2.24) is 15.0 Å². The summed E-state index contributed by atoms with van der Waals surface area (Å²) in [5, 5.41) is 0. The topological polar surface area (TPSA) is 90.7 Å². The van der Waals surface area contributed by atoms with E-state index in [0.717, 1.165) is 5.56 Å². The largest absolute Gasteiger partial charge is 0.384 e. The van der Waals surface area contributed by atoms with Crippen LogP contribution < -0.4 is 11.5 Å². The van der Waals surface area contributed by atoms with Crippen LogP contribution in [0.3, 0.4) is 0 Å². The van der Waals surface area contributed by atoms with Crippen LogP contribution in [0.5, 0.6) is 0 Å². The maximum absolute atomic E-state index is 5.41. The first-order valence-corrected chi connectivity index (χ1v) is 4.82. The van der Waals surface area contributed by atoms with E-state index in [1.165, 1.54) is 0 Å². The highest BCUT2D eigenvalue weighted by Crippen LogP contribution is 2.01. The molecule has 0 saturated heterocycles. The van der Waals surface area contributed by atoms with Crippen molar-refractivity contribution in [2.75, 3.05) is 11.5 Å². The lowest BCUT2D eigenvalue weighted by molar-refractivity contribution is 1.06.